The Labute approximate surface area is 350 Å². The molecule has 0 saturated carbocycles. The second kappa shape index (κ2) is 13.4. The number of rotatable bonds is 6. The number of benzene rings is 6. The molecular formula is C53H44N6O. The number of hydrogen-bond acceptors (Lipinski definition) is 6. The predicted molar refractivity (Wildman–Crippen MR) is 244 cm³/mol. The van der Waals surface area contributed by atoms with Gasteiger partial charge in [0.05, 0.1) is 16.7 Å². The molecule has 0 fully saturated rings. The average molecular weight is 781 g/mol. The van der Waals surface area contributed by atoms with Crippen LogP contribution in [0.15, 0.2) is 164 Å². The molecule has 0 spiro atoms. The van der Waals surface area contributed by atoms with Crippen LogP contribution in [0, 0.1) is 0 Å². The molecule has 11 rings (SSSR count). The first-order chi connectivity index (χ1) is 29.1. The maximum absolute atomic E-state index is 6.74. The van der Waals surface area contributed by atoms with Crippen molar-refractivity contribution in [3.05, 3.63) is 181 Å². The van der Waals surface area contributed by atoms with Crippen molar-refractivity contribution in [3.8, 4) is 39.6 Å². The zero-order chi connectivity index (χ0) is 40.8. The zero-order valence-electron chi connectivity index (χ0n) is 34.4. The molecule has 0 unspecified atom stereocenters. The van der Waals surface area contributed by atoms with E-state index in [-0.39, 0.29) is 10.8 Å². The Morgan fingerprint density at radius 3 is 2.13 bits per heavy atom. The molecule has 0 atom stereocenters. The fraction of sp³-hybridized carbons (Fsp3) is 0.151. The molecule has 1 aliphatic heterocycles. The maximum Gasteiger partial charge on any atom is 0.178 e. The van der Waals surface area contributed by atoms with Crippen molar-refractivity contribution >= 4 is 44.8 Å². The van der Waals surface area contributed by atoms with E-state index in [1.54, 1.807) is 12.4 Å². The summed E-state index contributed by atoms with van der Waals surface area (Å²) in [6.07, 6.45) is 5.49. The Balaban J connectivity index is 0.994. The molecule has 292 valence electrons. The largest absolute Gasteiger partial charge is 0.457 e. The number of fused-ring (bicyclic) bond motifs is 7. The predicted octanol–water partition coefficient (Wildman–Crippen LogP) is 13.3. The summed E-state index contributed by atoms with van der Waals surface area (Å²) >= 11 is 0. The molecule has 9 aromatic rings. The summed E-state index contributed by atoms with van der Waals surface area (Å²) in [5, 5.41) is 2.32. The smallest absolute Gasteiger partial charge is 0.178 e. The summed E-state index contributed by atoms with van der Waals surface area (Å²) < 4.78 is 8.99. The van der Waals surface area contributed by atoms with E-state index in [9.17, 15) is 0 Å². The zero-order valence-corrected chi connectivity index (χ0v) is 34.4. The molecule has 3 aromatic heterocycles. The van der Waals surface area contributed by atoms with Crippen molar-refractivity contribution in [2.75, 3.05) is 16.5 Å². The number of nitrogens with zero attached hydrogens (tertiary/aromatic N) is 6. The standard InChI is InChI=1S/C53H44N6O/c1-52(2,3)35-26-27-54-47(30-35)59-45-21-12-10-18-40(45)41-23-22-38(32-46(41)59)60-37-17-13-16-36(31-37)57-33-58(51-50(57)55-28-29-56-51)49-39(34-14-7-6-8-15-34)24-25-44-48(49)42-19-9-11-20-43(42)53(44,4)5/h6-32H,33H2,1-5H3. The molecule has 7 nitrogen and oxygen atoms in total. The Morgan fingerprint density at radius 2 is 1.30 bits per heavy atom. The molecule has 0 N–H and O–H groups in total. The lowest BCUT2D eigenvalue weighted by molar-refractivity contribution is 0.483. The minimum atomic E-state index is -0.156. The van der Waals surface area contributed by atoms with E-state index in [4.69, 9.17) is 19.7 Å². The van der Waals surface area contributed by atoms with Gasteiger partial charge >= 0.3 is 0 Å². The van der Waals surface area contributed by atoms with Crippen LogP contribution >= 0.6 is 0 Å². The van der Waals surface area contributed by atoms with Gasteiger partial charge in [0.1, 0.15) is 24.0 Å². The van der Waals surface area contributed by atoms with Crippen molar-refractivity contribution in [1.82, 2.24) is 19.5 Å². The van der Waals surface area contributed by atoms with E-state index in [2.05, 4.69) is 189 Å². The minimum absolute atomic E-state index is 0.0120. The molecule has 60 heavy (non-hydrogen) atoms. The van der Waals surface area contributed by atoms with Crippen LogP contribution in [-0.4, -0.2) is 26.2 Å². The van der Waals surface area contributed by atoms with Gasteiger partial charge in [-0.05, 0) is 75.7 Å². The van der Waals surface area contributed by atoms with Crippen LogP contribution in [0.25, 0.3) is 49.9 Å². The summed E-state index contributed by atoms with van der Waals surface area (Å²) in [6, 6.07) is 51.6. The third-order valence-corrected chi connectivity index (χ3v) is 12.4. The van der Waals surface area contributed by atoms with Gasteiger partial charge in [0.2, 0.25) is 0 Å². The first kappa shape index (κ1) is 35.9. The van der Waals surface area contributed by atoms with Crippen molar-refractivity contribution < 1.29 is 4.74 Å². The van der Waals surface area contributed by atoms with Crippen molar-refractivity contribution in [2.45, 2.75) is 45.4 Å². The van der Waals surface area contributed by atoms with Crippen molar-refractivity contribution in [2.24, 2.45) is 0 Å². The highest BCUT2D eigenvalue weighted by atomic mass is 16.5. The van der Waals surface area contributed by atoms with Gasteiger partial charge in [0, 0.05) is 63.7 Å². The average Bonchev–Trinajstić information content (AvgIpc) is 3.89. The number of pyridine rings is 1. The second-order valence-electron chi connectivity index (χ2n) is 17.4. The van der Waals surface area contributed by atoms with E-state index in [0.717, 1.165) is 67.9 Å². The first-order valence-corrected chi connectivity index (χ1v) is 20.6. The lowest BCUT2D eigenvalue weighted by Crippen LogP contribution is -2.25. The van der Waals surface area contributed by atoms with Crippen LogP contribution in [-0.2, 0) is 10.8 Å². The highest BCUT2D eigenvalue weighted by Crippen LogP contribution is 2.57. The van der Waals surface area contributed by atoms with Gasteiger partial charge in [-0.15, -0.1) is 0 Å². The van der Waals surface area contributed by atoms with Gasteiger partial charge in [0.25, 0.3) is 0 Å². The van der Waals surface area contributed by atoms with Crippen LogP contribution in [0.2, 0.25) is 0 Å². The highest BCUT2D eigenvalue weighted by molar-refractivity contribution is 6.09. The van der Waals surface area contributed by atoms with Gasteiger partial charge in [-0.2, -0.15) is 0 Å². The SMILES string of the molecule is CC(C)(C)c1ccnc(-n2c3ccccc3c3ccc(Oc4cccc(N5CN(c6c(-c7ccccc7)ccc7c6-c6ccccc6C7(C)C)c6nccnc65)c4)cc32)c1. The Kier molecular flexibility index (Phi) is 8.01. The summed E-state index contributed by atoms with van der Waals surface area (Å²) in [7, 11) is 0. The normalized spacial score (nSPS) is 14.1. The Hall–Kier alpha value is -7.25. The van der Waals surface area contributed by atoms with E-state index < -0.39 is 0 Å². The number of ether oxygens (including phenoxy) is 1. The molecule has 2 aliphatic rings. The van der Waals surface area contributed by atoms with E-state index in [0.29, 0.717) is 6.67 Å². The van der Waals surface area contributed by atoms with E-state index >= 15 is 0 Å². The van der Waals surface area contributed by atoms with Crippen molar-refractivity contribution in [3.63, 3.8) is 0 Å². The molecular weight excluding hydrogens is 737 g/mol. The molecule has 4 heterocycles. The van der Waals surface area contributed by atoms with Crippen LogP contribution in [0.1, 0.15) is 51.3 Å². The van der Waals surface area contributed by atoms with Crippen LogP contribution in [0.3, 0.4) is 0 Å². The number of para-hydroxylation sites is 1. The van der Waals surface area contributed by atoms with E-state index in [1.165, 1.54) is 33.2 Å². The first-order valence-electron chi connectivity index (χ1n) is 20.6. The van der Waals surface area contributed by atoms with Gasteiger partial charge < -0.3 is 14.5 Å². The lowest BCUT2D eigenvalue weighted by atomic mass is 9.82. The van der Waals surface area contributed by atoms with E-state index in [1.807, 2.05) is 12.3 Å². The summed E-state index contributed by atoms with van der Waals surface area (Å²) in [5.74, 6) is 3.98. The van der Waals surface area contributed by atoms with Crippen LogP contribution in [0.4, 0.5) is 23.0 Å². The molecule has 6 aromatic carbocycles. The van der Waals surface area contributed by atoms with Gasteiger partial charge in [-0.3, -0.25) is 4.57 Å². The Bertz CT molecular complexity index is 3140. The van der Waals surface area contributed by atoms with Crippen LogP contribution in [0.5, 0.6) is 11.5 Å². The number of hydrogen-bond donors (Lipinski definition) is 0. The minimum Gasteiger partial charge on any atom is -0.457 e. The third kappa shape index (κ3) is 5.60. The summed E-state index contributed by atoms with van der Waals surface area (Å²) in [6.45, 7) is 11.9. The van der Waals surface area contributed by atoms with Crippen molar-refractivity contribution in [1.29, 1.82) is 0 Å². The second-order valence-corrected chi connectivity index (χ2v) is 17.4. The molecule has 0 radical (unpaired) electrons. The molecule has 0 amide bonds. The summed E-state index contributed by atoms with van der Waals surface area (Å²) in [4.78, 5) is 19.4. The quantitative estimate of drug-likeness (QED) is 0.167. The lowest BCUT2D eigenvalue weighted by Gasteiger charge is -2.28. The molecule has 0 bridgehead atoms. The number of anilines is 4. The topological polar surface area (TPSA) is 59.3 Å². The maximum atomic E-state index is 6.74. The fourth-order valence-electron chi connectivity index (χ4n) is 9.39. The monoisotopic (exact) mass is 780 g/mol. The third-order valence-electron chi connectivity index (χ3n) is 12.4. The highest BCUT2D eigenvalue weighted by Gasteiger charge is 2.41. The summed E-state index contributed by atoms with van der Waals surface area (Å²) in [5.41, 5.74) is 12.8. The van der Waals surface area contributed by atoms with Gasteiger partial charge in [-0.25, -0.2) is 15.0 Å². The molecule has 0 saturated heterocycles. The molecule has 7 heteroatoms. The van der Waals surface area contributed by atoms with Gasteiger partial charge in [-0.1, -0.05) is 126 Å². The molecule has 1 aliphatic carbocycles. The van der Waals surface area contributed by atoms with Gasteiger partial charge in [0.15, 0.2) is 11.6 Å². The van der Waals surface area contributed by atoms with Crippen LogP contribution < -0.4 is 14.5 Å². The Morgan fingerprint density at radius 1 is 0.567 bits per heavy atom. The fourth-order valence-corrected chi connectivity index (χ4v) is 9.39. The number of aromatic nitrogens is 4.